The molecule has 13 heteroatoms. The zero-order valence-electron chi connectivity index (χ0n) is 15.7. The fourth-order valence-corrected chi connectivity index (χ4v) is 4.67. The van der Waals surface area contributed by atoms with Gasteiger partial charge in [-0.25, -0.2) is 0 Å². The van der Waals surface area contributed by atoms with Crippen LogP contribution in [0.3, 0.4) is 0 Å². The molecule has 12 nitrogen and oxygen atoms in total. The van der Waals surface area contributed by atoms with E-state index in [0.29, 0.717) is 12.3 Å². The summed E-state index contributed by atoms with van der Waals surface area (Å²) < 4.78 is 0. The Morgan fingerprint density at radius 1 is 0.793 bits per heavy atom. The number of nitrogens with two attached hydrogens (primary N) is 1. The molecule has 0 spiro atoms. The maximum absolute atomic E-state index is 11.3. The minimum Gasteiger partial charge on any atom is -0.480 e. The molecule has 0 aromatic heterocycles. The first-order valence-corrected chi connectivity index (χ1v) is 9.95. The Labute approximate surface area is 171 Å². The highest BCUT2D eigenvalue weighted by atomic mass is 32.2. The number of carboxylic acids is 4. The Balaban J connectivity index is 3.26. The molecule has 0 bridgehead atoms. The maximum Gasteiger partial charge on any atom is 0.317 e. The number of thioether (sulfide) groups is 1. The Kier molecular flexibility index (Phi) is 10.3. The second kappa shape index (κ2) is 11.9. The number of aliphatic carboxylic acids is 4. The van der Waals surface area contributed by atoms with Gasteiger partial charge in [0.05, 0.1) is 32.3 Å². The molecule has 0 heterocycles. The molecule has 4 unspecified atom stereocenters. The van der Waals surface area contributed by atoms with Crippen molar-refractivity contribution in [2.45, 2.75) is 36.3 Å². The van der Waals surface area contributed by atoms with Crippen LogP contribution in [0, 0.1) is 0 Å². The lowest BCUT2D eigenvalue weighted by molar-refractivity contribution is -0.149. The first-order chi connectivity index (χ1) is 13.5. The topological polar surface area (TPSA) is 202 Å². The summed E-state index contributed by atoms with van der Waals surface area (Å²) in [6.45, 7) is -2.18. The third-order valence-electron chi connectivity index (χ3n) is 4.57. The highest BCUT2D eigenvalue weighted by Crippen LogP contribution is 2.34. The zero-order valence-corrected chi connectivity index (χ0v) is 16.5. The number of aliphatic hydroxyl groups is 1. The van der Waals surface area contributed by atoms with Crippen molar-refractivity contribution in [2.24, 2.45) is 5.73 Å². The van der Waals surface area contributed by atoms with E-state index in [1.54, 1.807) is 0 Å². The van der Waals surface area contributed by atoms with Gasteiger partial charge in [-0.05, 0) is 12.8 Å². The average molecular weight is 437 g/mol. The summed E-state index contributed by atoms with van der Waals surface area (Å²) >= 11 is 1.36. The van der Waals surface area contributed by atoms with Gasteiger partial charge in [0.15, 0.2) is 0 Å². The van der Waals surface area contributed by atoms with E-state index in [1.165, 1.54) is 16.7 Å². The van der Waals surface area contributed by atoms with Crippen molar-refractivity contribution in [2.75, 3.05) is 38.5 Å². The van der Waals surface area contributed by atoms with Crippen molar-refractivity contribution in [3.63, 3.8) is 0 Å². The molecule has 29 heavy (non-hydrogen) atoms. The summed E-state index contributed by atoms with van der Waals surface area (Å²) in [6.07, 6.45) is -0.773. The van der Waals surface area contributed by atoms with Crippen LogP contribution in [0.5, 0.6) is 0 Å². The molecular formula is C16H27N3O9S. The molecular weight excluding hydrogens is 410 g/mol. The molecule has 4 atom stereocenters. The molecule has 0 aromatic rings. The van der Waals surface area contributed by atoms with Crippen LogP contribution in [0.1, 0.15) is 12.8 Å². The van der Waals surface area contributed by atoms with Crippen molar-refractivity contribution in [1.82, 2.24) is 9.80 Å². The van der Waals surface area contributed by atoms with Crippen LogP contribution in [0.25, 0.3) is 0 Å². The number of hydrogen-bond acceptors (Lipinski definition) is 9. The molecule has 7 N–H and O–H groups in total. The van der Waals surface area contributed by atoms with Gasteiger partial charge >= 0.3 is 23.9 Å². The molecule has 1 rings (SSSR count). The predicted molar refractivity (Wildman–Crippen MR) is 102 cm³/mol. The third-order valence-corrected chi connectivity index (χ3v) is 5.98. The van der Waals surface area contributed by atoms with Crippen molar-refractivity contribution in [3.05, 3.63) is 0 Å². The normalized spacial score (nSPS) is 24.6. The minimum absolute atomic E-state index is 0.0246. The van der Waals surface area contributed by atoms with E-state index in [-0.39, 0.29) is 18.1 Å². The number of carbonyl (C=O) groups is 4. The molecule has 166 valence electrons. The quantitative estimate of drug-likeness (QED) is 0.183. The standard InChI is InChI=1S/C16H27N3O9S/c17-1-2-29-12-4-10(19(7-15(25)26)8-16(27)28)9(3-11(12)20)18(5-13(21)22)6-14(23)24/h9-12,20H,1-8,17H2,(H,21,22)(H,23,24)(H,25,26)(H,27,28). The highest BCUT2D eigenvalue weighted by molar-refractivity contribution is 8.00. The summed E-state index contributed by atoms with van der Waals surface area (Å²) in [5, 5.41) is 46.8. The molecule has 0 saturated heterocycles. The zero-order chi connectivity index (χ0) is 22.1. The molecule has 0 amide bonds. The first-order valence-electron chi connectivity index (χ1n) is 8.90. The van der Waals surface area contributed by atoms with Gasteiger partial charge in [-0.2, -0.15) is 11.8 Å². The van der Waals surface area contributed by atoms with Crippen LogP contribution >= 0.6 is 11.8 Å². The summed E-state index contributed by atoms with van der Waals surface area (Å²) in [7, 11) is 0. The Hall–Kier alpha value is -1.93. The van der Waals surface area contributed by atoms with Crippen LogP contribution in [0.15, 0.2) is 0 Å². The van der Waals surface area contributed by atoms with Gasteiger partial charge in [-0.1, -0.05) is 0 Å². The van der Waals surface area contributed by atoms with Crippen LogP contribution in [0.4, 0.5) is 0 Å². The highest BCUT2D eigenvalue weighted by Gasteiger charge is 2.43. The third kappa shape index (κ3) is 8.53. The van der Waals surface area contributed by atoms with E-state index < -0.39 is 68.2 Å². The second-order valence-corrected chi connectivity index (χ2v) is 8.10. The monoisotopic (exact) mass is 437 g/mol. The van der Waals surface area contributed by atoms with Crippen molar-refractivity contribution < 1.29 is 44.7 Å². The summed E-state index contributed by atoms with van der Waals surface area (Å²) in [4.78, 5) is 47.3. The number of nitrogens with zero attached hydrogens (tertiary/aromatic N) is 2. The molecule has 1 saturated carbocycles. The molecule has 0 aromatic carbocycles. The minimum atomic E-state index is -1.29. The molecule has 1 fully saturated rings. The van der Waals surface area contributed by atoms with Crippen molar-refractivity contribution >= 4 is 35.6 Å². The summed E-state index contributed by atoms with van der Waals surface area (Å²) in [5.74, 6) is -4.61. The summed E-state index contributed by atoms with van der Waals surface area (Å²) in [5.41, 5.74) is 5.50. The van der Waals surface area contributed by atoms with Crippen molar-refractivity contribution in [1.29, 1.82) is 0 Å². The first kappa shape index (κ1) is 25.1. The van der Waals surface area contributed by atoms with Gasteiger partial charge in [0.1, 0.15) is 0 Å². The van der Waals surface area contributed by atoms with Crippen LogP contribution in [-0.4, -0.2) is 121 Å². The fraction of sp³-hybridized carbons (Fsp3) is 0.750. The summed E-state index contributed by atoms with van der Waals surface area (Å²) in [6, 6.07) is -1.63. The van der Waals surface area contributed by atoms with Gasteiger partial charge in [0, 0.05) is 29.6 Å². The average Bonchev–Trinajstić information content (AvgIpc) is 2.57. The second-order valence-electron chi connectivity index (χ2n) is 6.76. The fourth-order valence-electron chi connectivity index (χ4n) is 3.57. The van der Waals surface area contributed by atoms with Gasteiger partial charge in [0.2, 0.25) is 0 Å². The Morgan fingerprint density at radius 2 is 1.17 bits per heavy atom. The maximum atomic E-state index is 11.3. The number of hydrogen-bond donors (Lipinski definition) is 6. The van der Waals surface area contributed by atoms with E-state index in [2.05, 4.69) is 0 Å². The lowest BCUT2D eigenvalue weighted by Crippen LogP contribution is -2.61. The van der Waals surface area contributed by atoms with E-state index in [4.69, 9.17) is 15.9 Å². The lowest BCUT2D eigenvalue weighted by Gasteiger charge is -2.47. The van der Waals surface area contributed by atoms with E-state index >= 15 is 0 Å². The van der Waals surface area contributed by atoms with Crippen LogP contribution < -0.4 is 5.73 Å². The molecule has 0 radical (unpaired) electrons. The molecule has 1 aliphatic carbocycles. The molecule has 1 aliphatic rings. The Bertz CT molecular complexity index is 574. The van der Waals surface area contributed by atoms with E-state index in [9.17, 15) is 34.5 Å². The van der Waals surface area contributed by atoms with Crippen molar-refractivity contribution in [3.8, 4) is 0 Å². The van der Waals surface area contributed by atoms with Gasteiger partial charge in [0.25, 0.3) is 0 Å². The number of carboxylic acid groups (broad SMARTS) is 4. The smallest absolute Gasteiger partial charge is 0.317 e. The molecule has 0 aliphatic heterocycles. The predicted octanol–water partition coefficient (Wildman–Crippen LogP) is -2.12. The van der Waals surface area contributed by atoms with Gasteiger partial charge in [-0.3, -0.25) is 29.0 Å². The largest absolute Gasteiger partial charge is 0.480 e. The van der Waals surface area contributed by atoms with Gasteiger partial charge in [-0.15, -0.1) is 0 Å². The Morgan fingerprint density at radius 3 is 1.52 bits per heavy atom. The number of rotatable bonds is 13. The van der Waals surface area contributed by atoms with Gasteiger partial charge < -0.3 is 31.3 Å². The van der Waals surface area contributed by atoms with Crippen LogP contribution in [0.2, 0.25) is 0 Å². The van der Waals surface area contributed by atoms with E-state index in [1.807, 2.05) is 0 Å². The van der Waals surface area contributed by atoms with Crippen LogP contribution in [-0.2, 0) is 19.2 Å². The van der Waals surface area contributed by atoms with E-state index in [0.717, 1.165) is 4.90 Å². The lowest BCUT2D eigenvalue weighted by atomic mass is 9.85. The SMILES string of the molecule is NCCSC1CC(N(CC(=O)O)CC(=O)O)C(N(CC(=O)O)CC(=O)O)CC1O. The number of aliphatic hydroxyl groups excluding tert-OH is 1.